The third kappa shape index (κ3) is 3.69. The molecular formula is C21H25NO5S2. The van der Waals surface area contributed by atoms with Gasteiger partial charge in [0.2, 0.25) is 10.0 Å². The van der Waals surface area contributed by atoms with Crippen molar-refractivity contribution in [2.24, 2.45) is 0 Å². The molecule has 0 saturated carbocycles. The Morgan fingerprint density at radius 2 is 1.45 bits per heavy atom. The number of sulfone groups is 1. The second kappa shape index (κ2) is 7.74. The number of hydrogen-bond donors (Lipinski definition) is 0. The van der Waals surface area contributed by atoms with E-state index in [-0.39, 0.29) is 17.0 Å². The lowest BCUT2D eigenvalue weighted by Gasteiger charge is -2.37. The Bertz CT molecular complexity index is 1050. The molecule has 0 N–H and O–H groups in total. The molecule has 0 spiro atoms. The Kier molecular flexibility index (Phi) is 5.44. The van der Waals surface area contributed by atoms with Gasteiger partial charge in [0.25, 0.3) is 0 Å². The number of hydrogen-bond acceptors (Lipinski definition) is 5. The number of sulfonamides is 1. The molecule has 2 aliphatic rings. The highest BCUT2D eigenvalue weighted by molar-refractivity contribution is 7.92. The molecule has 2 atom stereocenters. The van der Waals surface area contributed by atoms with Gasteiger partial charge in [-0.05, 0) is 69.0 Å². The van der Waals surface area contributed by atoms with Crippen LogP contribution in [0.1, 0.15) is 32.6 Å². The van der Waals surface area contributed by atoms with Crippen molar-refractivity contribution in [1.82, 2.24) is 4.31 Å². The summed E-state index contributed by atoms with van der Waals surface area (Å²) in [5.74, 6) is 0.627. The van der Waals surface area contributed by atoms with Crippen molar-refractivity contribution >= 4 is 19.9 Å². The first-order valence-corrected chi connectivity index (χ1v) is 12.9. The molecule has 8 heteroatoms. The van der Waals surface area contributed by atoms with Crippen LogP contribution in [0.15, 0.2) is 64.4 Å². The van der Waals surface area contributed by atoms with Gasteiger partial charge in [0.1, 0.15) is 5.75 Å². The van der Waals surface area contributed by atoms with Crippen molar-refractivity contribution in [1.29, 1.82) is 0 Å². The van der Waals surface area contributed by atoms with Gasteiger partial charge >= 0.3 is 0 Å². The summed E-state index contributed by atoms with van der Waals surface area (Å²) < 4.78 is 59.6. The monoisotopic (exact) mass is 435 g/mol. The van der Waals surface area contributed by atoms with E-state index < -0.39 is 25.1 Å². The first-order chi connectivity index (χ1) is 13.8. The molecule has 2 fully saturated rings. The van der Waals surface area contributed by atoms with Crippen molar-refractivity contribution in [2.45, 2.75) is 59.7 Å². The van der Waals surface area contributed by atoms with Crippen LogP contribution in [0.5, 0.6) is 5.75 Å². The van der Waals surface area contributed by atoms with Crippen molar-refractivity contribution < 1.29 is 21.6 Å². The highest BCUT2D eigenvalue weighted by atomic mass is 32.2. The van der Waals surface area contributed by atoms with E-state index in [1.807, 2.05) is 6.92 Å². The summed E-state index contributed by atoms with van der Waals surface area (Å²) in [5.41, 5.74) is 0. The molecule has 29 heavy (non-hydrogen) atoms. The molecular weight excluding hydrogens is 410 g/mol. The molecule has 0 unspecified atom stereocenters. The predicted octanol–water partition coefficient (Wildman–Crippen LogP) is 3.24. The van der Waals surface area contributed by atoms with Crippen LogP contribution in [0.2, 0.25) is 0 Å². The topological polar surface area (TPSA) is 80.8 Å². The van der Waals surface area contributed by atoms with E-state index in [2.05, 4.69) is 0 Å². The first kappa shape index (κ1) is 20.4. The zero-order chi connectivity index (χ0) is 20.6. The van der Waals surface area contributed by atoms with Gasteiger partial charge in [-0.25, -0.2) is 16.8 Å². The molecule has 2 saturated heterocycles. The molecule has 0 aromatic heterocycles. The number of fused-ring (bicyclic) bond motifs is 2. The molecule has 2 bridgehead atoms. The van der Waals surface area contributed by atoms with Gasteiger partial charge in [0.05, 0.1) is 21.6 Å². The predicted molar refractivity (Wildman–Crippen MR) is 110 cm³/mol. The van der Waals surface area contributed by atoms with Crippen LogP contribution in [0.4, 0.5) is 0 Å². The Morgan fingerprint density at radius 3 is 2.00 bits per heavy atom. The lowest BCUT2D eigenvalue weighted by Crippen LogP contribution is -2.49. The summed E-state index contributed by atoms with van der Waals surface area (Å²) in [4.78, 5) is 0.537. The fourth-order valence-electron chi connectivity index (χ4n) is 4.53. The van der Waals surface area contributed by atoms with E-state index in [4.69, 9.17) is 4.74 Å². The van der Waals surface area contributed by atoms with Crippen LogP contribution < -0.4 is 4.74 Å². The summed E-state index contributed by atoms with van der Waals surface area (Å²) in [5, 5.41) is -0.547. The summed E-state index contributed by atoms with van der Waals surface area (Å²) in [7, 11) is -7.15. The van der Waals surface area contributed by atoms with Gasteiger partial charge in [-0.15, -0.1) is 0 Å². The van der Waals surface area contributed by atoms with Gasteiger partial charge in [-0.3, -0.25) is 0 Å². The van der Waals surface area contributed by atoms with E-state index in [1.54, 1.807) is 58.9 Å². The minimum absolute atomic E-state index is 0.224. The standard InChI is InChI=1S/C21H25NO5S2/c1-2-27-18-10-12-20(13-11-18)29(25,26)22-16-8-9-17(22)15-21(14-16)28(23,24)19-6-4-3-5-7-19/h3-7,10-13,16-17,21H,2,8-9,14-15H2,1H3/t16-,17-/m1/s1. The van der Waals surface area contributed by atoms with E-state index in [0.717, 1.165) is 0 Å². The van der Waals surface area contributed by atoms with Gasteiger partial charge in [-0.1, -0.05) is 18.2 Å². The van der Waals surface area contributed by atoms with E-state index >= 15 is 0 Å². The molecule has 0 amide bonds. The van der Waals surface area contributed by atoms with Crippen LogP contribution >= 0.6 is 0 Å². The number of piperidine rings is 1. The largest absolute Gasteiger partial charge is 0.494 e. The van der Waals surface area contributed by atoms with Crippen LogP contribution in [0.3, 0.4) is 0 Å². The number of ether oxygens (including phenoxy) is 1. The van der Waals surface area contributed by atoms with Crippen molar-refractivity contribution in [3.8, 4) is 5.75 Å². The van der Waals surface area contributed by atoms with Crippen LogP contribution in [0.25, 0.3) is 0 Å². The van der Waals surface area contributed by atoms with Crippen LogP contribution in [-0.4, -0.2) is 45.1 Å². The quantitative estimate of drug-likeness (QED) is 0.696. The van der Waals surface area contributed by atoms with Gasteiger partial charge in [-0.2, -0.15) is 4.31 Å². The van der Waals surface area contributed by atoms with Crippen LogP contribution in [0, 0.1) is 0 Å². The SMILES string of the molecule is CCOc1ccc(S(=O)(=O)N2[C@@H]3CC[C@@H]2CC(S(=O)(=O)c2ccccc2)C3)cc1. The van der Waals surface area contributed by atoms with Crippen molar-refractivity contribution in [3.05, 3.63) is 54.6 Å². The maximum Gasteiger partial charge on any atom is 0.243 e. The molecule has 2 aromatic rings. The summed E-state index contributed by atoms with van der Waals surface area (Å²) in [6.45, 7) is 2.38. The van der Waals surface area contributed by atoms with Crippen molar-refractivity contribution in [2.75, 3.05) is 6.61 Å². The molecule has 0 aliphatic carbocycles. The zero-order valence-corrected chi connectivity index (χ0v) is 17.9. The Labute approximate surface area is 172 Å². The molecule has 2 aliphatic heterocycles. The zero-order valence-electron chi connectivity index (χ0n) is 16.3. The third-order valence-electron chi connectivity index (χ3n) is 5.84. The average Bonchev–Trinajstić information content (AvgIpc) is 3.00. The Morgan fingerprint density at radius 1 is 0.862 bits per heavy atom. The fraction of sp³-hybridized carbons (Fsp3) is 0.429. The molecule has 2 aromatic carbocycles. The Hall–Kier alpha value is -1.90. The number of benzene rings is 2. The maximum atomic E-state index is 13.3. The number of rotatable bonds is 6. The van der Waals surface area contributed by atoms with Gasteiger partial charge < -0.3 is 4.74 Å². The molecule has 0 radical (unpaired) electrons. The van der Waals surface area contributed by atoms with Gasteiger partial charge in [0, 0.05) is 12.1 Å². The molecule has 2 heterocycles. The normalized spacial score (nSPS) is 25.1. The highest BCUT2D eigenvalue weighted by Crippen LogP contribution is 2.43. The lowest BCUT2D eigenvalue weighted by molar-refractivity contribution is 0.249. The van der Waals surface area contributed by atoms with E-state index in [9.17, 15) is 16.8 Å². The summed E-state index contributed by atoms with van der Waals surface area (Å²) >= 11 is 0. The molecule has 156 valence electrons. The number of nitrogens with zero attached hydrogens (tertiary/aromatic N) is 1. The highest BCUT2D eigenvalue weighted by Gasteiger charge is 2.50. The van der Waals surface area contributed by atoms with Gasteiger partial charge in [0.15, 0.2) is 9.84 Å². The minimum Gasteiger partial charge on any atom is -0.494 e. The lowest BCUT2D eigenvalue weighted by atomic mass is 10.1. The second-order valence-corrected chi connectivity index (χ2v) is 11.6. The van der Waals surface area contributed by atoms with E-state index in [0.29, 0.717) is 42.9 Å². The summed E-state index contributed by atoms with van der Waals surface area (Å²) in [6.07, 6.45) is 2.07. The fourth-order valence-corrected chi connectivity index (χ4v) is 8.29. The smallest absolute Gasteiger partial charge is 0.243 e. The van der Waals surface area contributed by atoms with Crippen LogP contribution in [-0.2, 0) is 19.9 Å². The maximum absolute atomic E-state index is 13.3. The average molecular weight is 436 g/mol. The Balaban J connectivity index is 1.58. The second-order valence-electron chi connectivity index (χ2n) is 7.58. The van der Waals surface area contributed by atoms with Crippen molar-refractivity contribution in [3.63, 3.8) is 0 Å². The molecule has 6 nitrogen and oxygen atoms in total. The summed E-state index contributed by atoms with van der Waals surface area (Å²) in [6, 6.07) is 14.3. The van der Waals surface area contributed by atoms with E-state index in [1.165, 1.54) is 0 Å². The third-order valence-corrected chi connectivity index (χ3v) is 10.1. The minimum atomic E-state index is -3.68. The first-order valence-electron chi connectivity index (χ1n) is 9.89. The molecule has 4 rings (SSSR count).